The van der Waals surface area contributed by atoms with E-state index in [2.05, 4.69) is 45.0 Å². The molecular formula is C15H21NOS. The van der Waals surface area contributed by atoms with Crippen LogP contribution in [0.3, 0.4) is 0 Å². The second-order valence-corrected chi connectivity index (χ2v) is 6.10. The fourth-order valence-corrected chi connectivity index (χ4v) is 2.97. The summed E-state index contributed by atoms with van der Waals surface area (Å²) in [5.74, 6) is 0.538. The van der Waals surface area contributed by atoms with E-state index >= 15 is 0 Å². The van der Waals surface area contributed by atoms with Crippen LogP contribution in [0.2, 0.25) is 0 Å². The Morgan fingerprint density at radius 3 is 2.61 bits per heavy atom. The van der Waals surface area contributed by atoms with Crippen LogP contribution >= 0.6 is 11.3 Å². The van der Waals surface area contributed by atoms with Gasteiger partial charge in [-0.1, -0.05) is 32.0 Å². The van der Waals surface area contributed by atoms with Crippen LogP contribution < -0.4 is 5.73 Å². The SMILES string of the molecule is CC(C)C(C)OCc1c(CN)sc2ccccc12. The molecule has 0 aliphatic heterocycles. The molecule has 1 aromatic carbocycles. The quantitative estimate of drug-likeness (QED) is 0.887. The number of benzene rings is 1. The van der Waals surface area contributed by atoms with Gasteiger partial charge in [0, 0.05) is 21.7 Å². The van der Waals surface area contributed by atoms with Crippen molar-refractivity contribution >= 4 is 21.4 Å². The maximum atomic E-state index is 5.95. The molecule has 1 atom stereocenters. The van der Waals surface area contributed by atoms with E-state index in [0.29, 0.717) is 19.1 Å². The van der Waals surface area contributed by atoms with Crippen LogP contribution in [0.25, 0.3) is 10.1 Å². The van der Waals surface area contributed by atoms with E-state index in [0.717, 1.165) is 0 Å². The molecule has 0 spiro atoms. The van der Waals surface area contributed by atoms with Crippen molar-refractivity contribution in [3.63, 3.8) is 0 Å². The molecule has 2 rings (SSSR count). The summed E-state index contributed by atoms with van der Waals surface area (Å²) in [4.78, 5) is 1.24. The van der Waals surface area contributed by atoms with E-state index in [1.54, 1.807) is 11.3 Å². The zero-order valence-corrected chi connectivity index (χ0v) is 12.1. The van der Waals surface area contributed by atoms with Gasteiger partial charge in [-0.05, 0) is 24.3 Å². The molecule has 2 N–H and O–H groups in total. The van der Waals surface area contributed by atoms with E-state index in [1.807, 2.05) is 0 Å². The minimum atomic E-state index is 0.272. The Bertz CT molecular complexity index is 518. The first-order valence-corrected chi connectivity index (χ1v) is 7.26. The van der Waals surface area contributed by atoms with Gasteiger partial charge in [-0.2, -0.15) is 0 Å². The third-order valence-electron chi connectivity index (χ3n) is 3.40. The maximum absolute atomic E-state index is 5.95. The van der Waals surface area contributed by atoms with Crippen molar-refractivity contribution in [1.82, 2.24) is 0 Å². The molecule has 0 saturated carbocycles. The summed E-state index contributed by atoms with van der Waals surface area (Å²) in [6.07, 6.45) is 0.272. The summed E-state index contributed by atoms with van der Waals surface area (Å²) in [7, 11) is 0. The molecule has 98 valence electrons. The maximum Gasteiger partial charge on any atom is 0.0738 e. The van der Waals surface area contributed by atoms with Gasteiger partial charge in [0.05, 0.1) is 12.7 Å². The minimum absolute atomic E-state index is 0.272. The zero-order valence-electron chi connectivity index (χ0n) is 11.3. The summed E-state index contributed by atoms with van der Waals surface area (Å²) < 4.78 is 7.25. The molecule has 3 heteroatoms. The van der Waals surface area contributed by atoms with Crippen LogP contribution in [0.4, 0.5) is 0 Å². The number of ether oxygens (including phenoxy) is 1. The average molecular weight is 263 g/mol. The van der Waals surface area contributed by atoms with Gasteiger partial charge < -0.3 is 10.5 Å². The van der Waals surface area contributed by atoms with Gasteiger partial charge in [-0.15, -0.1) is 11.3 Å². The Morgan fingerprint density at radius 2 is 1.94 bits per heavy atom. The summed E-state index contributed by atoms with van der Waals surface area (Å²) in [6, 6.07) is 8.45. The highest BCUT2D eigenvalue weighted by atomic mass is 32.1. The number of nitrogens with two attached hydrogens (primary N) is 1. The van der Waals surface area contributed by atoms with Crippen molar-refractivity contribution in [2.45, 2.75) is 40.0 Å². The van der Waals surface area contributed by atoms with Gasteiger partial charge in [0.1, 0.15) is 0 Å². The highest BCUT2D eigenvalue weighted by Gasteiger charge is 2.13. The second kappa shape index (κ2) is 5.83. The Kier molecular flexibility index (Phi) is 4.38. The van der Waals surface area contributed by atoms with Crippen LogP contribution in [0.5, 0.6) is 0 Å². The minimum Gasteiger partial charge on any atom is -0.374 e. The molecule has 2 nitrogen and oxygen atoms in total. The molecule has 2 aromatic rings. The van der Waals surface area contributed by atoms with Gasteiger partial charge in [0.25, 0.3) is 0 Å². The van der Waals surface area contributed by atoms with E-state index in [-0.39, 0.29) is 6.10 Å². The van der Waals surface area contributed by atoms with E-state index in [1.165, 1.54) is 20.5 Å². The summed E-state index contributed by atoms with van der Waals surface area (Å²) in [6.45, 7) is 7.74. The normalized spacial score (nSPS) is 13.4. The lowest BCUT2D eigenvalue weighted by molar-refractivity contribution is 0.0239. The fraction of sp³-hybridized carbons (Fsp3) is 0.467. The van der Waals surface area contributed by atoms with Gasteiger partial charge >= 0.3 is 0 Å². The standard InChI is InChI=1S/C15H21NOS/c1-10(2)11(3)17-9-13-12-6-4-5-7-14(12)18-15(13)8-16/h4-7,10-11H,8-9,16H2,1-3H3. The van der Waals surface area contributed by atoms with Crippen molar-refractivity contribution in [1.29, 1.82) is 0 Å². The molecule has 0 amide bonds. The van der Waals surface area contributed by atoms with Crippen molar-refractivity contribution in [2.75, 3.05) is 0 Å². The van der Waals surface area contributed by atoms with Crippen molar-refractivity contribution < 1.29 is 4.74 Å². The predicted molar refractivity (Wildman–Crippen MR) is 78.8 cm³/mol. The molecule has 0 fully saturated rings. The number of rotatable bonds is 5. The fourth-order valence-electron chi connectivity index (χ4n) is 1.88. The van der Waals surface area contributed by atoms with Crippen LogP contribution in [0.1, 0.15) is 31.2 Å². The molecule has 0 aliphatic rings. The van der Waals surface area contributed by atoms with Crippen molar-refractivity contribution in [3.8, 4) is 0 Å². The van der Waals surface area contributed by atoms with Crippen LogP contribution in [-0.2, 0) is 17.9 Å². The summed E-state index contributed by atoms with van der Waals surface area (Å²) in [5.41, 5.74) is 7.10. The number of hydrogen-bond acceptors (Lipinski definition) is 3. The third kappa shape index (κ3) is 2.74. The topological polar surface area (TPSA) is 35.2 Å². The van der Waals surface area contributed by atoms with Gasteiger partial charge in [-0.3, -0.25) is 0 Å². The molecule has 1 aromatic heterocycles. The second-order valence-electron chi connectivity index (χ2n) is 4.96. The molecule has 18 heavy (non-hydrogen) atoms. The lowest BCUT2D eigenvalue weighted by atomic mass is 10.1. The highest BCUT2D eigenvalue weighted by Crippen LogP contribution is 2.31. The zero-order chi connectivity index (χ0) is 13.1. The summed E-state index contributed by atoms with van der Waals surface area (Å²) in [5, 5.41) is 1.29. The van der Waals surface area contributed by atoms with E-state index in [4.69, 9.17) is 10.5 Å². The van der Waals surface area contributed by atoms with E-state index in [9.17, 15) is 0 Å². The van der Waals surface area contributed by atoms with Gasteiger partial charge in [0.2, 0.25) is 0 Å². The molecule has 0 saturated heterocycles. The molecule has 0 bridgehead atoms. The first-order valence-electron chi connectivity index (χ1n) is 6.44. The molecular weight excluding hydrogens is 242 g/mol. The summed E-state index contributed by atoms with van der Waals surface area (Å²) >= 11 is 1.78. The first kappa shape index (κ1) is 13.5. The van der Waals surface area contributed by atoms with Gasteiger partial charge in [0.15, 0.2) is 0 Å². The lowest BCUT2D eigenvalue weighted by Gasteiger charge is -2.16. The smallest absolute Gasteiger partial charge is 0.0738 e. The molecule has 1 unspecified atom stereocenters. The number of hydrogen-bond donors (Lipinski definition) is 1. The third-order valence-corrected chi connectivity index (χ3v) is 4.63. The number of fused-ring (bicyclic) bond motifs is 1. The predicted octanol–water partition coefficient (Wildman–Crippen LogP) is 3.92. The van der Waals surface area contributed by atoms with Crippen molar-refractivity contribution in [3.05, 3.63) is 34.7 Å². The van der Waals surface area contributed by atoms with Gasteiger partial charge in [-0.25, -0.2) is 0 Å². The van der Waals surface area contributed by atoms with Crippen molar-refractivity contribution in [2.24, 2.45) is 11.7 Å². The molecule has 0 aliphatic carbocycles. The Balaban J connectivity index is 2.25. The largest absolute Gasteiger partial charge is 0.374 e. The van der Waals surface area contributed by atoms with E-state index < -0.39 is 0 Å². The lowest BCUT2D eigenvalue weighted by Crippen LogP contribution is -2.15. The van der Waals surface area contributed by atoms with Crippen LogP contribution in [-0.4, -0.2) is 6.10 Å². The Morgan fingerprint density at radius 1 is 1.22 bits per heavy atom. The Hall–Kier alpha value is -0.900. The monoisotopic (exact) mass is 263 g/mol. The number of thiophene rings is 1. The highest BCUT2D eigenvalue weighted by molar-refractivity contribution is 7.19. The molecule has 1 heterocycles. The van der Waals surface area contributed by atoms with Crippen LogP contribution in [0.15, 0.2) is 24.3 Å². The molecule has 0 radical (unpaired) electrons. The Labute approximate surface area is 113 Å². The first-order chi connectivity index (χ1) is 8.63. The van der Waals surface area contributed by atoms with Crippen LogP contribution in [0, 0.1) is 5.92 Å². The average Bonchev–Trinajstić information content (AvgIpc) is 2.73.